The number of ether oxygens (including phenoxy) is 1. The first kappa shape index (κ1) is 6.68. The van der Waals surface area contributed by atoms with Gasteiger partial charge in [0.15, 0.2) is 0 Å². The van der Waals surface area contributed by atoms with Gasteiger partial charge in [0.1, 0.15) is 6.10 Å². The van der Waals surface area contributed by atoms with Crippen LogP contribution in [0, 0.1) is 6.10 Å². The Morgan fingerprint density at radius 1 is 1.27 bits per heavy atom. The average molecular weight is 148 g/mol. The van der Waals surface area contributed by atoms with Crippen LogP contribution in [0.15, 0.2) is 36.2 Å². The molecule has 2 nitrogen and oxygen atoms in total. The smallest absolute Gasteiger partial charge is 0.144 e. The van der Waals surface area contributed by atoms with Crippen LogP contribution in [0.2, 0.25) is 0 Å². The maximum atomic E-state index is 5.24. The van der Waals surface area contributed by atoms with E-state index in [0.29, 0.717) is 0 Å². The summed E-state index contributed by atoms with van der Waals surface area (Å²) >= 11 is 0. The van der Waals surface area contributed by atoms with Crippen LogP contribution in [-0.2, 0) is 4.74 Å². The van der Waals surface area contributed by atoms with Gasteiger partial charge in [-0.1, -0.05) is 12.2 Å². The average Bonchev–Trinajstić information content (AvgIpc) is 2.12. The third kappa shape index (κ3) is 1.35. The molecule has 2 aliphatic heterocycles. The standard InChI is InChI=1S/C9H10NO/c1-2-4-8(10-6-3-1)9-5-7-11-9/h1-4,6,10H,5,7H2. The quantitative estimate of drug-likeness (QED) is 0.608. The van der Waals surface area contributed by atoms with Gasteiger partial charge in [0, 0.05) is 12.6 Å². The Morgan fingerprint density at radius 3 is 2.91 bits per heavy atom. The number of allylic oxidation sites excluding steroid dienone is 4. The predicted molar refractivity (Wildman–Crippen MR) is 43.3 cm³/mol. The molecular formula is C9H10NO. The molecule has 1 fully saturated rings. The summed E-state index contributed by atoms with van der Waals surface area (Å²) in [7, 11) is 0. The summed E-state index contributed by atoms with van der Waals surface area (Å²) < 4.78 is 5.24. The fraction of sp³-hybridized carbons (Fsp3) is 0.222. The van der Waals surface area contributed by atoms with Gasteiger partial charge in [-0.2, -0.15) is 0 Å². The maximum Gasteiger partial charge on any atom is 0.144 e. The largest absolute Gasteiger partial charge is 0.365 e. The van der Waals surface area contributed by atoms with Gasteiger partial charge in [0.05, 0.1) is 12.3 Å². The third-order valence-electron chi connectivity index (χ3n) is 1.73. The monoisotopic (exact) mass is 148 g/mol. The lowest BCUT2D eigenvalue weighted by Gasteiger charge is -2.26. The first-order valence-electron chi connectivity index (χ1n) is 3.76. The summed E-state index contributed by atoms with van der Waals surface area (Å²) in [4.78, 5) is 0. The number of hydrogen-bond donors (Lipinski definition) is 1. The lowest BCUT2D eigenvalue weighted by molar-refractivity contribution is 0.0562. The van der Waals surface area contributed by atoms with Crippen molar-refractivity contribution in [2.24, 2.45) is 0 Å². The molecule has 0 saturated carbocycles. The van der Waals surface area contributed by atoms with Crippen molar-refractivity contribution in [2.45, 2.75) is 6.42 Å². The van der Waals surface area contributed by atoms with Crippen LogP contribution in [0.25, 0.3) is 0 Å². The molecule has 0 bridgehead atoms. The number of hydrogen-bond acceptors (Lipinski definition) is 2. The van der Waals surface area contributed by atoms with Crippen molar-refractivity contribution in [3.05, 3.63) is 42.3 Å². The van der Waals surface area contributed by atoms with Gasteiger partial charge in [-0.25, -0.2) is 0 Å². The Hall–Kier alpha value is -1.02. The minimum Gasteiger partial charge on any atom is -0.365 e. The van der Waals surface area contributed by atoms with Crippen LogP contribution in [0.3, 0.4) is 0 Å². The highest BCUT2D eigenvalue weighted by Gasteiger charge is 2.23. The van der Waals surface area contributed by atoms with Crippen molar-refractivity contribution >= 4 is 0 Å². The molecule has 2 rings (SSSR count). The molecular weight excluding hydrogens is 138 g/mol. The Bertz CT molecular complexity index is 224. The summed E-state index contributed by atoms with van der Waals surface area (Å²) in [6, 6.07) is 0. The Morgan fingerprint density at radius 2 is 2.18 bits per heavy atom. The highest BCUT2D eigenvalue weighted by molar-refractivity contribution is 5.30. The molecule has 0 amide bonds. The first-order chi connectivity index (χ1) is 5.47. The zero-order valence-corrected chi connectivity index (χ0v) is 6.21. The van der Waals surface area contributed by atoms with Crippen molar-refractivity contribution in [3.63, 3.8) is 0 Å². The second-order valence-corrected chi connectivity index (χ2v) is 2.49. The SMILES string of the molecule is C1=CC=C([C]2CCO2)NC=C1. The topological polar surface area (TPSA) is 21.3 Å². The highest BCUT2D eigenvalue weighted by atomic mass is 16.5. The van der Waals surface area contributed by atoms with E-state index < -0.39 is 0 Å². The summed E-state index contributed by atoms with van der Waals surface area (Å²) in [5, 5.41) is 3.14. The summed E-state index contributed by atoms with van der Waals surface area (Å²) in [6.45, 7) is 0.863. The van der Waals surface area contributed by atoms with Crippen molar-refractivity contribution in [2.75, 3.05) is 6.61 Å². The van der Waals surface area contributed by atoms with E-state index >= 15 is 0 Å². The van der Waals surface area contributed by atoms with Crippen molar-refractivity contribution in [1.29, 1.82) is 0 Å². The predicted octanol–water partition coefficient (Wildman–Crippen LogP) is 1.50. The summed E-state index contributed by atoms with van der Waals surface area (Å²) in [6.07, 6.45) is 12.0. The van der Waals surface area contributed by atoms with Crippen LogP contribution >= 0.6 is 0 Å². The Kier molecular flexibility index (Phi) is 1.78. The van der Waals surface area contributed by atoms with E-state index in [1.807, 2.05) is 30.5 Å². The van der Waals surface area contributed by atoms with Crippen LogP contribution in [0.4, 0.5) is 0 Å². The van der Waals surface area contributed by atoms with E-state index in [4.69, 9.17) is 4.74 Å². The third-order valence-corrected chi connectivity index (χ3v) is 1.73. The second kappa shape index (κ2) is 2.93. The fourth-order valence-corrected chi connectivity index (χ4v) is 1.05. The minimum atomic E-state index is 0.863. The van der Waals surface area contributed by atoms with Crippen molar-refractivity contribution in [3.8, 4) is 0 Å². The molecule has 1 N–H and O–H groups in total. The van der Waals surface area contributed by atoms with E-state index in [0.717, 1.165) is 24.8 Å². The molecule has 1 saturated heterocycles. The van der Waals surface area contributed by atoms with Crippen LogP contribution in [0.5, 0.6) is 0 Å². The molecule has 0 unspecified atom stereocenters. The molecule has 2 aliphatic rings. The summed E-state index contributed by atoms with van der Waals surface area (Å²) in [5.74, 6) is 0. The van der Waals surface area contributed by atoms with Crippen LogP contribution in [0.1, 0.15) is 6.42 Å². The van der Waals surface area contributed by atoms with Gasteiger partial charge in [-0.05, 0) is 12.2 Å². The molecule has 0 aromatic heterocycles. The molecule has 57 valence electrons. The van der Waals surface area contributed by atoms with E-state index in [1.165, 1.54) is 0 Å². The molecule has 2 heteroatoms. The van der Waals surface area contributed by atoms with E-state index in [1.54, 1.807) is 0 Å². The van der Waals surface area contributed by atoms with Crippen LogP contribution < -0.4 is 5.32 Å². The van der Waals surface area contributed by atoms with Crippen molar-refractivity contribution < 1.29 is 4.74 Å². The molecule has 1 radical (unpaired) electrons. The van der Waals surface area contributed by atoms with Gasteiger partial charge < -0.3 is 10.1 Å². The van der Waals surface area contributed by atoms with Gasteiger partial charge in [-0.15, -0.1) is 0 Å². The van der Waals surface area contributed by atoms with Gasteiger partial charge in [0.25, 0.3) is 0 Å². The Balaban J connectivity index is 2.06. The molecule has 2 heterocycles. The lowest BCUT2D eigenvalue weighted by Crippen LogP contribution is -2.25. The molecule has 0 aromatic rings. The minimum absolute atomic E-state index is 0.863. The molecule has 0 spiro atoms. The first-order valence-corrected chi connectivity index (χ1v) is 3.76. The van der Waals surface area contributed by atoms with E-state index in [2.05, 4.69) is 5.32 Å². The fourth-order valence-electron chi connectivity index (χ4n) is 1.05. The zero-order valence-electron chi connectivity index (χ0n) is 6.21. The second-order valence-electron chi connectivity index (χ2n) is 2.49. The van der Waals surface area contributed by atoms with Gasteiger partial charge in [0.2, 0.25) is 0 Å². The van der Waals surface area contributed by atoms with Gasteiger partial charge >= 0.3 is 0 Å². The normalized spacial score (nSPS) is 23.5. The number of nitrogens with one attached hydrogen (secondary N) is 1. The highest BCUT2D eigenvalue weighted by Crippen LogP contribution is 2.26. The van der Waals surface area contributed by atoms with E-state index in [9.17, 15) is 0 Å². The molecule has 11 heavy (non-hydrogen) atoms. The molecule has 0 aromatic carbocycles. The molecule has 0 aliphatic carbocycles. The van der Waals surface area contributed by atoms with E-state index in [-0.39, 0.29) is 0 Å². The van der Waals surface area contributed by atoms with Gasteiger partial charge in [-0.3, -0.25) is 0 Å². The Labute approximate surface area is 66.2 Å². The maximum absolute atomic E-state index is 5.24. The summed E-state index contributed by atoms with van der Waals surface area (Å²) in [5.41, 5.74) is 1.08. The lowest BCUT2D eigenvalue weighted by atomic mass is 10.1. The van der Waals surface area contributed by atoms with Crippen LogP contribution in [-0.4, -0.2) is 6.61 Å². The zero-order chi connectivity index (χ0) is 7.52. The number of rotatable bonds is 1. The van der Waals surface area contributed by atoms with Crippen molar-refractivity contribution in [1.82, 2.24) is 5.32 Å². The molecule has 0 atom stereocenters.